The molecule has 1 aromatic carbocycles. The molecule has 0 fully saturated rings. The number of phenols is 1. The lowest BCUT2D eigenvalue weighted by molar-refractivity contribution is 0.0939. The molecule has 0 saturated heterocycles. The van der Waals surface area contributed by atoms with Crippen molar-refractivity contribution in [2.45, 2.75) is 32.2 Å². The lowest BCUT2D eigenvalue weighted by Gasteiger charge is -2.26. The smallest absolute Gasteiger partial charge is 0.255 e. The molecular formula is C13H20BrClN2O2. The lowest BCUT2D eigenvalue weighted by Crippen LogP contribution is -2.49. The van der Waals surface area contributed by atoms with Crippen molar-refractivity contribution >= 4 is 34.2 Å². The van der Waals surface area contributed by atoms with Gasteiger partial charge in [0.2, 0.25) is 0 Å². The molecule has 4 nitrogen and oxygen atoms in total. The largest absolute Gasteiger partial charge is 0.507 e. The van der Waals surface area contributed by atoms with Gasteiger partial charge in [0.1, 0.15) is 5.75 Å². The Morgan fingerprint density at radius 2 is 2.00 bits per heavy atom. The zero-order valence-electron chi connectivity index (χ0n) is 11.1. The van der Waals surface area contributed by atoms with E-state index in [4.69, 9.17) is 5.73 Å². The molecule has 0 radical (unpaired) electrons. The van der Waals surface area contributed by atoms with E-state index in [-0.39, 0.29) is 29.6 Å². The number of carbonyl (C=O) groups is 1. The number of hydrogen-bond donors (Lipinski definition) is 3. The maximum absolute atomic E-state index is 11.9. The van der Waals surface area contributed by atoms with Gasteiger partial charge < -0.3 is 16.2 Å². The fourth-order valence-corrected chi connectivity index (χ4v) is 1.90. The van der Waals surface area contributed by atoms with Gasteiger partial charge in [-0.25, -0.2) is 0 Å². The molecule has 1 aromatic rings. The van der Waals surface area contributed by atoms with E-state index in [1.54, 1.807) is 12.1 Å². The van der Waals surface area contributed by atoms with Crippen LogP contribution in [0.5, 0.6) is 5.75 Å². The quantitative estimate of drug-likeness (QED) is 0.763. The van der Waals surface area contributed by atoms with Crippen LogP contribution in [-0.4, -0.2) is 23.1 Å². The maximum atomic E-state index is 11.9. The second kappa shape index (κ2) is 7.72. The summed E-state index contributed by atoms with van der Waals surface area (Å²) in [5.74, 6) is -0.350. The number of hydrogen-bond acceptors (Lipinski definition) is 3. The van der Waals surface area contributed by atoms with Crippen LogP contribution in [0.25, 0.3) is 0 Å². The Balaban J connectivity index is 0.00000324. The highest BCUT2D eigenvalue weighted by Crippen LogP contribution is 2.21. The lowest BCUT2D eigenvalue weighted by atomic mass is 9.94. The highest BCUT2D eigenvalue weighted by Gasteiger charge is 2.22. The number of nitrogens with one attached hydrogen (secondary N) is 1. The van der Waals surface area contributed by atoms with Gasteiger partial charge in [0, 0.05) is 16.6 Å². The second-order valence-electron chi connectivity index (χ2n) is 4.41. The van der Waals surface area contributed by atoms with Crippen LogP contribution in [0.15, 0.2) is 22.7 Å². The number of benzene rings is 1. The number of nitrogens with two attached hydrogens (primary N) is 1. The topological polar surface area (TPSA) is 75.3 Å². The van der Waals surface area contributed by atoms with Crippen LogP contribution in [0.3, 0.4) is 0 Å². The van der Waals surface area contributed by atoms with Gasteiger partial charge in [0.25, 0.3) is 5.91 Å². The average Bonchev–Trinajstić information content (AvgIpc) is 2.38. The second-order valence-corrected chi connectivity index (χ2v) is 5.33. The molecular weight excluding hydrogens is 332 g/mol. The van der Waals surface area contributed by atoms with Crippen molar-refractivity contribution in [3.63, 3.8) is 0 Å². The Labute approximate surface area is 128 Å². The van der Waals surface area contributed by atoms with E-state index in [2.05, 4.69) is 21.2 Å². The fourth-order valence-electron chi connectivity index (χ4n) is 1.54. The summed E-state index contributed by atoms with van der Waals surface area (Å²) in [6.07, 6.45) is 1.57. The van der Waals surface area contributed by atoms with Crippen LogP contribution in [0.1, 0.15) is 37.0 Å². The molecule has 0 saturated carbocycles. The van der Waals surface area contributed by atoms with Gasteiger partial charge in [0.05, 0.1) is 5.56 Å². The molecule has 0 heterocycles. The predicted molar refractivity (Wildman–Crippen MR) is 82.9 cm³/mol. The molecule has 19 heavy (non-hydrogen) atoms. The number of halogens is 2. The van der Waals surface area contributed by atoms with Crippen molar-refractivity contribution in [3.05, 3.63) is 28.2 Å². The van der Waals surface area contributed by atoms with E-state index in [1.807, 2.05) is 13.8 Å². The molecule has 108 valence electrons. The van der Waals surface area contributed by atoms with E-state index < -0.39 is 5.54 Å². The molecule has 0 atom stereocenters. The number of amides is 1. The van der Waals surface area contributed by atoms with E-state index in [0.29, 0.717) is 6.54 Å². The molecule has 1 amide bonds. The SMILES string of the molecule is CCC(N)(CC)CNC(=O)c1cc(Br)ccc1O.Cl. The Morgan fingerprint density at radius 3 is 2.53 bits per heavy atom. The van der Waals surface area contributed by atoms with Crippen LogP contribution in [0.2, 0.25) is 0 Å². The molecule has 4 N–H and O–H groups in total. The Hall–Kier alpha value is -0.780. The summed E-state index contributed by atoms with van der Waals surface area (Å²) < 4.78 is 0.746. The number of carbonyl (C=O) groups excluding carboxylic acids is 1. The third kappa shape index (κ3) is 5.01. The van der Waals surface area contributed by atoms with Crippen molar-refractivity contribution in [3.8, 4) is 5.75 Å². The van der Waals surface area contributed by atoms with Crippen LogP contribution < -0.4 is 11.1 Å². The van der Waals surface area contributed by atoms with Gasteiger partial charge in [0.15, 0.2) is 0 Å². The summed E-state index contributed by atoms with van der Waals surface area (Å²) in [6.45, 7) is 4.38. The van der Waals surface area contributed by atoms with E-state index in [9.17, 15) is 9.90 Å². The standard InChI is InChI=1S/C13H19BrN2O2.ClH/c1-3-13(15,4-2)8-16-12(18)10-7-9(14)5-6-11(10)17;/h5-7,17H,3-4,8,15H2,1-2H3,(H,16,18);1H. The first-order valence-corrected chi connectivity index (χ1v) is 6.76. The third-order valence-electron chi connectivity index (χ3n) is 3.21. The Kier molecular flexibility index (Phi) is 7.41. The molecule has 0 bridgehead atoms. The van der Waals surface area contributed by atoms with E-state index in [1.165, 1.54) is 6.07 Å². The molecule has 0 aliphatic carbocycles. The number of aromatic hydroxyl groups is 1. The van der Waals surface area contributed by atoms with Crippen molar-refractivity contribution in [1.82, 2.24) is 5.32 Å². The molecule has 6 heteroatoms. The number of phenolic OH excluding ortho intramolecular Hbond substituents is 1. The van der Waals surface area contributed by atoms with E-state index >= 15 is 0 Å². The molecule has 0 aliphatic heterocycles. The molecule has 0 aliphatic rings. The van der Waals surface area contributed by atoms with Crippen LogP contribution in [0, 0.1) is 0 Å². The van der Waals surface area contributed by atoms with Crippen LogP contribution in [0.4, 0.5) is 0 Å². The zero-order chi connectivity index (χ0) is 13.8. The fraction of sp³-hybridized carbons (Fsp3) is 0.462. The Bertz CT molecular complexity index is 437. The summed E-state index contributed by atoms with van der Waals surface area (Å²) >= 11 is 3.27. The van der Waals surface area contributed by atoms with Gasteiger partial charge in [-0.2, -0.15) is 0 Å². The minimum Gasteiger partial charge on any atom is -0.507 e. The van der Waals surface area contributed by atoms with Crippen molar-refractivity contribution < 1.29 is 9.90 Å². The van der Waals surface area contributed by atoms with Gasteiger partial charge in [-0.3, -0.25) is 4.79 Å². The van der Waals surface area contributed by atoms with Crippen LogP contribution >= 0.6 is 28.3 Å². The molecule has 0 unspecified atom stereocenters. The van der Waals surface area contributed by atoms with Crippen molar-refractivity contribution in [2.24, 2.45) is 5.73 Å². The highest BCUT2D eigenvalue weighted by molar-refractivity contribution is 9.10. The number of rotatable bonds is 5. The van der Waals surface area contributed by atoms with Crippen molar-refractivity contribution in [2.75, 3.05) is 6.54 Å². The summed E-state index contributed by atoms with van der Waals surface area (Å²) in [5, 5.41) is 12.4. The van der Waals surface area contributed by atoms with Gasteiger partial charge in [-0.05, 0) is 31.0 Å². The summed E-state index contributed by atoms with van der Waals surface area (Å²) in [7, 11) is 0. The summed E-state index contributed by atoms with van der Waals surface area (Å²) in [5.41, 5.74) is 5.96. The van der Waals surface area contributed by atoms with Crippen LogP contribution in [-0.2, 0) is 0 Å². The zero-order valence-corrected chi connectivity index (χ0v) is 13.5. The van der Waals surface area contributed by atoms with Gasteiger partial charge in [-0.1, -0.05) is 29.8 Å². The molecule has 0 aromatic heterocycles. The third-order valence-corrected chi connectivity index (χ3v) is 3.71. The summed E-state index contributed by atoms with van der Waals surface area (Å²) in [6, 6.07) is 4.74. The molecule has 0 spiro atoms. The minimum absolute atomic E-state index is 0. The highest BCUT2D eigenvalue weighted by atomic mass is 79.9. The maximum Gasteiger partial charge on any atom is 0.255 e. The first kappa shape index (κ1) is 18.2. The van der Waals surface area contributed by atoms with Crippen molar-refractivity contribution in [1.29, 1.82) is 0 Å². The van der Waals surface area contributed by atoms with E-state index in [0.717, 1.165) is 17.3 Å². The first-order valence-electron chi connectivity index (χ1n) is 5.97. The summed E-state index contributed by atoms with van der Waals surface area (Å²) in [4.78, 5) is 11.9. The Morgan fingerprint density at radius 1 is 1.42 bits per heavy atom. The monoisotopic (exact) mass is 350 g/mol. The average molecular weight is 352 g/mol. The first-order chi connectivity index (χ1) is 8.41. The van der Waals surface area contributed by atoms with Gasteiger partial charge in [-0.15, -0.1) is 12.4 Å². The molecule has 1 rings (SSSR count). The minimum atomic E-state index is -0.392. The predicted octanol–water partition coefficient (Wildman–Crippen LogP) is 2.82. The van der Waals surface area contributed by atoms with Gasteiger partial charge >= 0.3 is 0 Å². The normalized spacial score (nSPS) is 10.7.